The van der Waals surface area contributed by atoms with Gasteiger partial charge in [0.1, 0.15) is 30.2 Å². The van der Waals surface area contributed by atoms with E-state index in [1.54, 1.807) is 17.1 Å². The lowest BCUT2D eigenvalue weighted by molar-refractivity contribution is 0.171. The number of aromatic amines is 1. The summed E-state index contributed by atoms with van der Waals surface area (Å²) in [5.74, 6) is 2.28. The maximum Gasteiger partial charge on any atom is 0.177 e. The average Bonchev–Trinajstić information content (AvgIpc) is 3.23. The number of H-pyrrole nitrogens is 1. The van der Waals surface area contributed by atoms with E-state index in [1.165, 1.54) is 0 Å². The van der Waals surface area contributed by atoms with Gasteiger partial charge in [0.2, 0.25) is 0 Å². The Bertz CT molecular complexity index is 1070. The van der Waals surface area contributed by atoms with E-state index in [0.717, 1.165) is 45.3 Å². The number of hydrogen-bond donors (Lipinski definition) is 1. The maximum atomic E-state index is 5.67. The van der Waals surface area contributed by atoms with E-state index in [1.807, 2.05) is 37.4 Å². The smallest absolute Gasteiger partial charge is 0.177 e. The number of nitrogens with zero attached hydrogens (tertiary/aromatic N) is 4. The summed E-state index contributed by atoms with van der Waals surface area (Å²) in [5, 5.41) is 4.56. The van der Waals surface area contributed by atoms with Gasteiger partial charge in [-0.1, -0.05) is 0 Å². The first kappa shape index (κ1) is 14.0. The maximum absolute atomic E-state index is 5.67. The van der Waals surface area contributed by atoms with E-state index >= 15 is 0 Å². The van der Waals surface area contributed by atoms with Gasteiger partial charge >= 0.3 is 0 Å². The second kappa shape index (κ2) is 5.34. The van der Waals surface area contributed by atoms with E-state index in [9.17, 15) is 0 Å². The normalized spacial score (nSPS) is 13.3. The topological polar surface area (TPSA) is 77.9 Å². The second-order valence-electron chi connectivity index (χ2n) is 5.86. The molecule has 5 rings (SSSR count). The highest BCUT2D eigenvalue weighted by Crippen LogP contribution is 2.35. The molecule has 0 fully saturated rings. The van der Waals surface area contributed by atoms with Crippen LogP contribution in [0.4, 0.5) is 0 Å². The summed E-state index contributed by atoms with van der Waals surface area (Å²) >= 11 is 0. The van der Waals surface area contributed by atoms with Gasteiger partial charge in [-0.25, -0.2) is 9.67 Å². The fourth-order valence-corrected chi connectivity index (χ4v) is 3.04. The summed E-state index contributed by atoms with van der Waals surface area (Å²) in [6.45, 7) is 1.14. The Morgan fingerprint density at radius 2 is 1.96 bits per heavy atom. The minimum absolute atomic E-state index is 0.561. The molecule has 0 saturated carbocycles. The summed E-state index contributed by atoms with van der Waals surface area (Å²) in [6.07, 6.45) is 3.55. The first-order valence-electron chi connectivity index (χ1n) is 8.03. The van der Waals surface area contributed by atoms with Crippen LogP contribution in [0.2, 0.25) is 0 Å². The number of imidazole rings is 1. The van der Waals surface area contributed by atoms with E-state index in [4.69, 9.17) is 14.5 Å². The fraction of sp³-hybridized carbons (Fsp3) is 0.167. The van der Waals surface area contributed by atoms with Gasteiger partial charge in [-0.3, -0.25) is 4.98 Å². The number of fused-ring (bicyclic) bond motifs is 2. The molecule has 0 saturated heterocycles. The van der Waals surface area contributed by atoms with Gasteiger partial charge in [0.25, 0.3) is 0 Å². The summed E-state index contributed by atoms with van der Waals surface area (Å²) in [7, 11) is 1.89. The lowest BCUT2D eigenvalue weighted by Gasteiger charge is -2.18. The summed E-state index contributed by atoms with van der Waals surface area (Å²) in [6, 6.07) is 9.72. The number of aromatic nitrogens is 5. The number of benzene rings is 1. The molecule has 1 aromatic carbocycles. The van der Waals surface area contributed by atoms with Crippen LogP contribution >= 0.6 is 0 Å². The monoisotopic (exact) mass is 333 g/mol. The Hall–Kier alpha value is -3.35. The zero-order chi connectivity index (χ0) is 16.8. The molecule has 4 aromatic rings. The molecule has 25 heavy (non-hydrogen) atoms. The fourth-order valence-electron chi connectivity index (χ4n) is 3.04. The SMILES string of the molecule is Cn1nc(-c2cccnc2)c2[nH]c(-c3ccc4c(c3)OCCO4)nc21. The highest BCUT2D eigenvalue weighted by molar-refractivity contribution is 5.90. The van der Waals surface area contributed by atoms with Crippen LogP contribution in [-0.2, 0) is 7.05 Å². The lowest BCUT2D eigenvalue weighted by Crippen LogP contribution is -2.15. The second-order valence-corrected chi connectivity index (χ2v) is 5.86. The molecule has 124 valence electrons. The average molecular weight is 333 g/mol. The Labute approximate surface area is 143 Å². The van der Waals surface area contributed by atoms with Gasteiger partial charge in [0.05, 0.1) is 0 Å². The van der Waals surface area contributed by atoms with E-state index in [2.05, 4.69) is 15.1 Å². The number of rotatable bonds is 2. The van der Waals surface area contributed by atoms with Crippen LogP contribution in [0.15, 0.2) is 42.7 Å². The number of aryl methyl sites for hydroxylation is 1. The molecule has 0 radical (unpaired) electrons. The molecule has 7 nitrogen and oxygen atoms in total. The molecule has 0 atom stereocenters. The number of nitrogens with one attached hydrogen (secondary N) is 1. The van der Waals surface area contributed by atoms with Crippen molar-refractivity contribution in [2.45, 2.75) is 0 Å². The van der Waals surface area contributed by atoms with Gasteiger partial charge in [-0.2, -0.15) is 5.10 Å². The predicted octanol–water partition coefficient (Wildman–Crippen LogP) is 2.80. The minimum Gasteiger partial charge on any atom is -0.486 e. The molecule has 1 aliphatic heterocycles. The van der Waals surface area contributed by atoms with Gasteiger partial charge in [0.15, 0.2) is 17.1 Å². The van der Waals surface area contributed by atoms with Crippen LogP contribution in [0, 0.1) is 0 Å². The predicted molar refractivity (Wildman–Crippen MR) is 92.5 cm³/mol. The van der Waals surface area contributed by atoms with Crippen molar-refractivity contribution in [3.63, 3.8) is 0 Å². The Morgan fingerprint density at radius 1 is 1.08 bits per heavy atom. The van der Waals surface area contributed by atoms with Crippen LogP contribution in [0.1, 0.15) is 0 Å². The van der Waals surface area contributed by atoms with E-state index < -0.39 is 0 Å². The highest BCUT2D eigenvalue weighted by atomic mass is 16.6. The summed E-state index contributed by atoms with van der Waals surface area (Å²) in [5.41, 5.74) is 4.41. The third-order valence-electron chi connectivity index (χ3n) is 4.23. The third kappa shape index (κ3) is 2.24. The van der Waals surface area contributed by atoms with E-state index in [-0.39, 0.29) is 0 Å². The largest absolute Gasteiger partial charge is 0.486 e. The van der Waals surface area contributed by atoms with E-state index in [0.29, 0.717) is 13.2 Å². The molecule has 0 aliphatic carbocycles. The minimum atomic E-state index is 0.561. The van der Waals surface area contributed by atoms with Gasteiger partial charge < -0.3 is 14.5 Å². The third-order valence-corrected chi connectivity index (χ3v) is 4.23. The van der Waals surface area contributed by atoms with Crippen LogP contribution in [0.25, 0.3) is 33.8 Å². The Morgan fingerprint density at radius 3 is 2.80 bits per heavy atom. The zero-order valence-corrected chi connectivity index (χ0v) is 13.6. The molecule has 0 bridgehead atoms. The first-order chi connectivity index (χ1) is 12.3. The molecule has 3 aromatic heterocycles. The molecule has 1 aliphatic rings. The molecule has 4 heterocycles. The van der Waals surface area contributed by atoms with Crippen molar-refractivity contribution >= 4 is 11.2 Å². The first-order valence-corrected chi connectivity index (χ1v) is 8.03. The quantitative estimate of drug-likeness (QED) is 0.610. The lowest BCUT2D eigenvalue weighted by atomic mass is 10.2. The molecule has 7 heteroatoms. The number of ether oxygens (including phenoxy) is 2. The van der Waals surface area contributed by atoms with Crippen molar-refractivity contribution in [2.24, 2.45) is 7.05 Å². The zero-order valence-electron chi connectivity index (χ0n) is 13.6. The van der Waals surface area contributed by atoms with Crippen molar-refractivity contribution in [1.29, 1.82) is 0 Å². The molecule has 0 unspecified atom stereocenters. The number of pyridine rings is 1. The molecule has 0 amide bonds. The van der Waals surface area contributed by atoms with Crippen molar-refractivity contribution in [3.8, 4) is 34.1 Å². The molecular formula is C18H15N5O2. The highest BCUT2D eigenvalue weighted by Gasteiger charge is 2.18. The Balaban J connectivity index is 1.64. The van der Waals surface area contributed by atoms with Crippen LogP contribution in [0.3, 0.4) is 0 Å². The summed E-state index contributed by atoms with van der Waals surface area (Å²) < 4.78 is 13.0. The standard InChI is InChI=1S/C18H15N5O2/c1-23-18-16(15(22-23)12-3-2-6-19-10-12)20-17(21-18)11-4-5-13-14(9-11)25-8-7-24-13/h2-6,9-10H,7-8H2,1H3,(H,20,21). The molecule has 0 spiro atoms. The van der Waals surface area contributed by atoms with Crippen LogP contribution < -0.4 is 9.47 Å². The van der Waals surface area contributed by atoms with Crippen molar-refractivity contribution in [3.05, 3.63) is 42.7 Å². The van der Waals surface area contributed by atoms with Gasteiger partial charge in [-0.05, 0) is 30.3 Å². The molecular weight excluding hydrogens is 318 g/mol. The number of hydrogen-bond acceptors (Lipinski definition) is 5. The van der Waals surface area contributed by atoms with Gasteiger partial charge in [0, 0.05) is 30.6 Å². The van der Waals surface area contributed by atoms with Crippen molar-refractivity contribution in [1.82, 2.24) is 24.7 Å². The van der Waals surface area contributed by atoms with Gasteiger partial charge in [-0.15, -0.1) is 0 Å². The summed E-state index contributed by atoms with van der Waals surface area (Å²) in [4.78, 5) is 12.3. The van der Waals surface area contributed by atoms with Crippen molar-refractivity contribution < 1.29 is 9.47 Å². The Kier molecular flexibility index (Phi) is 3.00. The van der Waals surface area contributed by atoms with Crippen molar-refractivity contribution in [2.75, 3.05) is 13.2 Å². The van der Waals surface area contributed by atoms with Crippen LogP contribution in [0.5, 0.6) is 11.5 Å². The molecule has 1 N–H and O–H groups in total. The van der Waals surface area contributed by atoms with Crippen LogP contribution in [-0.4, -0.2) is 37.9 Å².